The molecule has 4 atom stereocenters. The lowest BCUT2D eigenvalue weighted by Crippen LogP contribution is -2.47. The second-order valence-electron chi connectivity index (χ2n) is 6.22. The summed E-state index contributed by atoms with van der Waals surface area (Å²) in [6, 6.07) is 3.22. The summed E-state index contributed by atoms with van der Waals surface area (Å²) in [4.78, 5) is 4.24. The zero-order valence-corrected chi connectivity index (χ0v) is 12.2. The van der Waals surface area contributed by atoms with Gasteiger partial charge in [-0.3, -0.25) is 4.98 Å². The minimum absolute atomic E-state index is 0.298. The Labute approximate surface area is 115 Å². The highest BCUT2D eigenvalue weighted by Crippen LogP contribution is 2.43. The Morgan fingerprint density at radius 1 is 1.32 bits per heavy atom. The van der Waals surface area contributed by atoms with Crippen molar-refractivity contribution in [3.8, 4) is 0 Å². The van der Waals surface area contributed by atoms with Crippen LogP contribution in [0.15, 0.2) is 18.3 Å². The van der Waals surface area contributed by atoms with Gasteiger partial charge in [0.2, 0.25) is 0 Å². The van der Waals surface area contributed by atoms with Gasteiger partial charge in [-0.15, -0.1) is 0 Å². The van der Waals surface area contributed by atoms with E-state index in [0.29, 0.717) is 11.8 Å². The molecule has 0 aromatic carbocycles. The summed E-state index contributed by atoms with van der Waals surface area (Å²) in [5, 5.41) is 0. The average molecular weight is 264 g/mol. The highest BCUT2D eigenvalue weighted by atomic mass is 19.1. The number of aromatic nitrogens is 1. The van der Waals surface area contributed by atoms with Gasteiger partial charge in [0, 0.05) is 0 Å². The number of nitrogens with zero attached hydrogens (tertiary/aromatic N) is 1. The van der Waals surface area contributed by atoms with E-state index in [-0.39, 0.29) is 5.82 Å². The van der Waals surface area contributed by atoms with Crippen LogP contribution in [0.5, 0.6) is 0 Å². The first-order valence-corrected chi connectivity index (χ1v) is 7.38. The van der Waals surface area contributed by atoms with Crippen LogP contribution in [0.25, 0.3) is 0 Å². The Balaban J connectivity index is 2.24. The largest absolute Gasteiger partial charge is 0.320 e. The van der Waals surface area contributed by atoms with Crippen molar-refractivity contribution >= 4 is 0 Å². The standard InChI is InChI=1S/C16H25FN2/c1-4-16(18,15-8-7-14(17)10-19-15)13-6-5-11(2)12(3)9-13/h7-8,10-13H,4-6,9,18H2,1-3H3. The molecule has 0 radical (unpaired) electrons. The first-order chi connectivity index (χ1) is 8.97. The third kappa shape index (κ3) is 2.81. The van der Waals surface area contributed by atoms with E-state index in [4.69, 9.17) is 5.73 Å². The summed E-state index contributed by atoms with van der Waals surface area (Å²) in [6.07, 6.45) is 5.64. The molecule has 1 aliphatic carbocycles. The van der Waals surface area contributed by atoms with Crippen LogP contribution in [-0.4, -0.2) is 4.98 Å². The van der Waals surface area contributed by atoms with Crippen molar-refractivity contribution in [3.63, 3.8) is 0 Å². The molecule has 1 saturated carbocycles. The monoisotopic (exact) mass is 264 g/mol. The lowest BCUT2D eigenvalue weighted by Gasteiger charge is -2.42. The van der Waals surface area contributed by atoms with Crippen molar-refractivity contribution in [3.05, 3.63) is 29.8 Å². The van der Waals surface area contributed by atoms with E-state index in [1.54, 1.807) is 6.07 Å². The van der Waals surface area contributed by atoms with Crippen molar-refractivity contribution < 1.29 is 4.39 Å². The lowest BCUT2D eigenvalue weighted by molar-refractivity contribution is 0.126. The van der Waals surface area contributed by atoms with Gasteiger partial charge >= 0.3 is 0 Å². The van der Waals surface area contributed by atoms with E-state index in [9.17, 15) is 4.39 Å². The van der Waals surface area contributed by atoms with Gasteiger partial charge in [-0.1, -0.05) is 27.2 Å². The summed E-state index contributed by atoms with van der Waals surface area (Å²) >= 11 is 0. The van der Waals surface area contributed by atoms with Crippen LogP contribution in [0.1, 0.15) is 52.1 Å². The molecule has 1 fully saturated rings. The van der Waals surface area contributed by atoms with Crippen molar-refractivity contribution in [2.24, 2.45) is 23.5 Å². The van der Waals surface area contributed by atoms with Crippen molar-refractivity contribution in [2.45, 2.75) is 52.0 Å². The molecule has 106 valence electrons. The quantitative estimate of drug-likeness (QED) is 0.900. The smallest absolute Gasteiger partial charge is 0.141 e. The maximum atomic E-state index is 13.0. The van der Waals surface area contributed by atoms with Gasteiger partial charge in [-0.25, -0.2) is 4.39 Å². The summed E-state index contributed by atoms with van der Waals surface area (Å²) in [6.45, 7) is 6.74. The normalized spacial score (nSPS) is 30.9. The van der Waals surface area contributed by atoms with E-state index in [0.717, 1.165) is 30.9 Å². The molecule has 2 rings (SSSR count). The molecule has 0 saturated heterocycles. The number of nitrogens with two attached hydrogens (primary N) is 1. The van der Waals surface area contributed by atoms with E-state index in [1.165, 1.54) is 18.7 Å². The predicted molar refractivity (Wildman–Crippen MR) is 76.0 cm³/mol. The molecule has 19 heavy (non-hydrogen) atoms. The van der Waals surface area contributed by atoms with Crippen LogP contribution in [0.2, 0.25) is 0 Å². The molecule has 1 aromatic heterocycles. The fourth-order valence-electron chi connectivity index (χ4n) is 3.35. The number of hydrogen-bond donors (Lipinski definition) is 1. The zero-order chi connectivity index (χ0) is 14.0. The Hall–Kier alpha value is -0.960. The van der Waals surface area contributed by atoms with E-state index in [1.807, 2.05) is 0 Å². The summed E-state index contributed by atoms with van der Waals surface area (Å²) in [7, 11) is 0. The number of hydrogen-bond acceptors (Lipinski definition) is 2. The molecule has 1 aromatic rings. The highest BCUT2D eigenvalue weighted by Gasteiger charge is 2.39. The van der Waals surface area contributed by atoms with Gasteiger partial charge in [-0.05, 0) is 49.1 Å². The lowest BCUT2D eigenvalue weighted by atomic mass is 9.66. The minimum Gasteiger partial charge on any atom is -0.320 e. The van der Waals surface area contributed by atoms with Crippen LogP contribution in [-0.2, 0) is 5.54 Å². The second kappa shape index (κ2) is 5.58. The number of pyridine rings is 1. The summed E-state index contributed by atoms with van der Waals surface area (Å²) < 4.78 is 13.0. The zero-order valence-electron chi connectivity index (χ0n) is 12.2. The fraction of sp³-hybridized carbons (Fsp3) is 0.688. The van der Waals surface area contributed by atoms with Gasteiger partial charge < -0.3 is 5.73 Å². The number of halogens is 1. The van der Waals surface area contributed by atoms with Gasteiger partial charge in [0.15, 0.2) is 0 Å². The van der Waals surface area contributed by atoms with Crippen LogP contribution in [0.3, 0.4) is 0 Å². The van der Waals surface area contributed by atoms with Crippen LogP contribution in [0, 0.1) is 23.6 Å². The van der Waals surface area contributed by atoms with E-state index in [2.05, 4.69) is 25.8 Å². The van der Waals surface area contributed by atoms with Crippen molar-refractivity contribution in [2.75, 3.05) is 0 Å². The van der Waals surface area contributed by atoms with E-state index < -0.39 is 5.54 Å². The third-order valence-corrected chi connectivity index (χ3v) is 5.12. The van der Waals surface area contributed by atoms with Gasteiger partial charge in [0.25, 0.3) is 0 Å². The first kappa shape index (κ1) is 14.4. The molecule has 3 heteroatoms. The Bertz CT molecular complexity index is 417. The van der Waals surface area contributed by atoms with Crippen LogP contribution < -0.4 is 5.73 Å². The fourth-order valence-corrected chi connectivity index (χ4v) is 3.35. The van der Waals surface area contributed by atoms with E-state index >= 15 is 0 Å². The molecular formula is C16H25FN2. The first-order valence-electron chi connectivity index (χ1n) is 7.38. The van der Waals surface area contributed by atoms with Crippen molar-refractivity contribution in [1.82, 2.24) is 4.98 Å². The second-order valence-corrected chi connectivity index (χ2v) is 6.22. The van der Waals surface area contributed by atoms with Gasteiger partial charge in [0.05, 0.1) is 17.4 Å². The molecule has 1 aliphatic rings. The highest BCUT2D eigenvalue weighted by molar-refractivity contribution is 5.17. The maximum Gasteiger partial charge on any atom is 0.141 e. The molecule has 2 N–H and O–H groups in total. The number of rotatable bonds is 3. The average Bonchev–Trinajstić information content (AvgIpc) is 2.42. The SMILES string of the molecule is CCC(N)(c1ccc(F)cn1)C1CCC(C)C(C)C1. The maximum absolute atomic E-state index is 13.0. The molecule has 0 bridgehead atoms. The summed E-state index contributed by atoms with van der Waals surface area (Å²) in [5.74, 6) is 1.63. The van der Waals surface area contributed by atoms with Crippen molar-refractivity contribution in [1.29, 1.82) is 0 Å². The Kier molecular flexibility index (Phi) is 4.24. The Morgan fingerprint density at radius 3 is 2.58 bits per heavy atom. The van der Waals surface area contributed by atoms with Crippen LogP contribution in [0.4, 0.5) is 4.39 Å². The molecule has 4 unspecified atom stereocenters. The molecule has 0 aliphatic heterocycles. The topological polar surface area (TPSA) is 38.9 Å². The van der Waals surface area contributed by atoms with Crippen LogP contribution >= 0.6 is 0 Å². The predicted octanol–water partition coefficient (Wildman–Crippen LogP) is 3.86. The molecular weight excluding hydrogens is 239 g/mol. The van der Waals surface area contributed by atoms with Gasteiger partial charge in [0.1, 0.15) is 5.82 Å². The molecule has 2 nitrogen and oxygen atoms in total. The third-order valence-electron chi connectivity index (χ3n) is 5.12. The van der Waals surface area contributed by atoms with Gasteiger partial charge in [-0.2, -0.15) is 0 Å². The molecule has 1 heterocycles. The Morgan fingerprint density at radius 2 is 2.05 bits per heavy atom. The minimum atomic E-state index is -0.415. The summed E-state index contributed by atoms with van der Waals surface area (Å²) in [5.41, 5.74) is 7.09. The molecule has 0 spiro atoms. The molecule has 0 amide bonds.